The van der Waals surface area contributed by atoms with Crippen LogP contribution in [0.25, 0.3) is 21.6 Å². The van der Waals surface area contributed by atoms with E-state index in [2.05, 4.69) is 10.4 Å². The van der Waals surface area contributed by atoms with Gasteiger partial charge in [-0.05, 0) is 36.6 Å². The number of amides is 2. The van der Waals surface area contributed by atoms with Gasteiger partial charge in [-0.3, -0.25) is 14.3 Å². The summed E-state index contributed by atoms with van der Waals surface area (Å²) in [5.41, 5.74) is 2.74. The van der Waals surface area contributed by atoms with Crippen LogP contribution in [0.4, 0.5) is 5.69 Å². The molecule has 0 radical (unpaired) electrons. The summed E-state index contributed by atoms with van der Waals surface area (Å²) >= 11 is 13.8. The molecule has 10 heteroatoms. The Bertz CT molecular complexity index is 1310. The third-order valence-electron chi connectivity index (χ3n) is 4.93. The van der Waals surface area contributed by atoms with Gasteiger partial charge in [-0.15, -0.1) is 11.3 Å². The molecule has 0 bridgehead atoms. The number of benzene rings is 1. The molecule has 32 heavy (non-hydrogen) atoms. The summed E-state index contributed by atoms with van der Waals surface area (Å²) in [6.07, 6.45) is 0. The van der Waals surface area contributed by atoms with Crippen molar-refractivity contribution in [3.63, 3.8) is 0 Å². The maximum Gasteiger partial charge on any atom is 0.254 e. The van der Waals surface area contributed by atoms with E-state index in [9.17, 15) is 9.59 Å². The van der Waals surface area contributed by atoms with Gasteiger partial charge in [-0.1, -0.05) is 35.3 Å². The molecular weight excluding hydrogens is 469 g/mol. The van der Waals surface area contributed by atoms with Gasteiger partial charge in [0, 0.05) is 14.1 Å². The van der Waals surface area contributed by atoms with Gasteiger partial charge in [0.05, 0.1) is 49.5 Å². The number of aromatic nitrogens is 3. The van der Waals surface area contributed by atoms with E-state index in [-0.39, 0.29) is 12.5 Å². The Hall–Kier alpha value is -2.94. The summed E-state index contributed by atoms with van der Waals surface area (Å²) in [7, 11) is 3.36. The largest absolute Gasteiger partial charge is 0.332 e. The van der Waals surface area contributed by atoms with Crippen molar-refractivity contribution in [2.45, 2.75) is 6.92 Å². The molecule has 3 aromatic heterocycles. The van der Waals surface area contributed by atoms with Crippen molar-refractivity contribution in [3.8, 4) is 10.6 Å². The molecule has 0 unspecified atom stereocenters. The molecule has 0 aliphatic rings. The lowest BCUT2D eigenvalue weighted by atomic mass is 10.1. The molecule has 0 fully saturated rings. The van der Waals surface area contributed by atoms with Crippen LogP contribution in [-0.2, 0) is 11.8 Å². The van der Waals surface area contributed by atoms with Gasteiger partial charge in [0.15, 0.2) is 5.65 Å². The molecule has 7 nitrogen and oxygen atoms in total. The molecule has 4 rings (SSSR count). The molecule has 0 atom stereocenters. The highest BCUT2D eigenvalue weighted by atomic mass is 35.5. The van der Waals surface area contributed by atoms with Crippen LogP contribution in [0.5, 0.6) is 0 Å². The molecule has 4 aromatic rings. The number of likely N-dealkylation sites (N-methyl/N-ethyl adjacent to an activating group) is 1. The molecule has 0 aliphatic heterocycles. The zero-order chi connectivity index (χ0) is 23.0. The number of carbonyl (C=O) groups excluding carboxylic acids is 2. The van der Waals surface area contributed by atoms with Crippen molar-refractivity contribution < 1.29 is 9.59 Å². The van der Waals surface area contributed by atoms with Crippen molar-refractivity contribution >= 4 is 63.1 Å². The first-order chi connectivity index (χ1) is 15.3. The lowest BCUT2D eigenvalue weighted by molar-refractivity contribution is -0.116. The smallest absolute Gasteiger partial charge is 0.254 e. The van der Waals surface area contributed by atoms with E-state index >= 15 is 0 Å². The average Bonchev–Trinajstić information content (AvgIpc) is 3.38. The first kappa shape index (κ1) is 22.3. The van der Waals surface area contributed by atoms with Crippen LogP contribution in [0.1, 0.15) is 16.1 Å². The van der Waals surface area contributed by atoms with Crippen molar-refractivity contribution in [2.75, 3.05) is 18.9 Å². The molecule has 2 amide bonds. The van der Waals surface area contributed by atoms with Gasteiger partial charge in [-0.25, -0.2) is 4.98 Å². The minimum Gasteiger partial charge on any atom is -0.332 e. The summed E-state index contributed by atoms with van der Waals surface area (Å²) in [5.74, 6) is -0.728. The number of anilines is 1. The normalized spacial score (nSPS) is 11.0. The Balaban J connectivity index is 1.65. The predicted molar refractivity (Wildman–Crippen MR) is 129 cm³/mol. The fourth-order valence-corrected chi connectivity index (χ4v) is 4.63. The highest BCUT2D eigenvalue weighted by Crippen LogP contribution is 2.31. The standard InChI is InChI=1S/C22H19Cl2N5O2S/c1-12-19-13(10-16(17-8-5-9-32-17)25-21(19)29(3)27-12)22(31)28(2)11-18(30)26-20-14(23)6-4-7-15(20)24/h4-10H,11H2,1-3H3,(H,26,30). The van der Waals surface area contributed by atoms with Crippen LogP contribution in [-0.4, -0.2) is 45.1 Å². The number of rotatable bonds is 5. The van der Waals surface area contributed by atoms with E-state index in [1.807, 2.05) is 24.4 Å². The zero-order valence-corrected chi connectivity index (χ0v) is 19.8. The van der Waals surface area contributed by atoms with E-state index in [1.54, 1.807) is 43.0 Å². The van der Waals surface area contributed by atoms with Crippen molar-refractivity contribution in [1.82, 2.24) is 19.7 Å². The molecule has 0 aliphatic carbocycles. The van der Waals surface area contributed by atoms with Gasteiger partial charge >= 0.3 is 0 Å². The second-order valence-corrected chi connectivity index (χ2v) is 9.01. The lowest BCUT2D eigenvalue weighted by Crippen LogP contribution is -2.35. The maximum absolute atomic E-state index is 13.4. The molecule has 1 N–H and O–H groups in total. The molecule has 1 aromatic carbocycles. The van der Waals surface area contributed by atoms with Crippen LogP contribution in [0.15, 0.2) is 41.8 Å². The van der Waals surface area contributed by atoms with Gasteiger partial charge in [0.1, 0.15) is 0 Å². The maximum atomic E-state index is 13.4. The Labute approximate surface area is 198 Å². The number of fused-ring (bicyclic) bond motifs is 1. The fraction of sp³-hybridized carbons (Fsp3) is 0.182. The van der Waals surface area contributed by atoms with E-state index in [0.717, 1.165) is 4.88 Å². The van der Waals surface area contributed by atoms with Crippen LogP contribution < -0.4 is 5.32 Å². The average molecular weight is 488 g/mol. The number of pyridine rings is 1. The Morgan fingerprint density at radius 2 is 1.91 bits per heavy atom. The first-order valence-electron chi connectivity index (χ1n) is 9.63. The summed E-state index contributed by atoms with van der Waals surface area (Å²) in [5, 5.41) is 10.4. The topological polar surface area (TPSA) is 80.1 Å². The summed E-state index contributed by atoms with van der Waals surface area (Å²) < 4.78 is 1.66. The fourth-order valence-electron chi connectivity index (χ4n) is 3.45. The Kier molecular flexibility index (Phi) is 6.19. The molecule has 3 heterocycles. The first-order valence-corrected chi connectivity index (χ1v) is 11.3. The number of aryl methyl sites for hydroxylation is 2. The Morgan fingerprint density at radius 1 is 1.19 bits per heavy atom. The minimum absolute atomic E-state index is 0.183. The number of nitrogens with one attached hydrogen (secondary N) is 1. The van der Waals surface area contributed by atoms with Crippen molar-refractivity contribution in [2.24, 2.45) is 7.05 Å². The molecule has 0 saturated heterocycles. The predicted octanol–water partition coefficient (Wildman–Crippen LogP) is 5.02. The number of thiophene rings is 1. The van der Waals surface area contributed by atoms with Crippen LogP contribution >= 0.6 is 34.5 Å². The van der Waals surface area contributed by atoms with Crippen LogP contribution in [0.3, 0.4) is 0 Å². The van der Waals surface area contributed by atoms with E-state index in [1.165, 1.54) is 16.2 Å². The lowest BCUT2D eigenvalue weighted by Gasteiger charge is -2.18. The van der Waals surface area contributed by atoms with E-state index < -0.39 is 5.91 Å². The SMILES string of the molecule is Cc1nn(C)c2nc(-c3cccs3)cc(C(=O)N(C)CC(=O)Nc3c(Cl)cccc3Cl)c12. The van der Waals surface area contributed by atoms with Crippen LogP contribution in [0.2, 0.25) is 10.0 Å². The van der Waals surface area contributed by atoms with Crippen molar-refractivity contribution in [3.05, 3.63) is 63.1 Å². The molecule has 0 spiro atoms. The number of para-hydroxylation sites is 1. The highest BCUT2D eigenvalue weighted by Gasteiger charge is 2.23. The third kappa shape index (κ3) is 4.21. The van der Waals surface area contributed by atoms with E-state index in [4.69, 9.17) is 28.2 Å². The molecule has 0 saturated carbocycles. The molecular formula is C22H19Cl2N5O2S. The zero-order valence-electron chi connectivity index (χ0n) is 17.5. The highest BCUT2D eigenvalue weighted by molar-refractivity contribution is 7.13. The van der Waals surface area contributed by atoms with Gasteiger partial charge in [-0.2, -0.15) is 5.10 Å². The number of halogens is 2. The minimum atomic E-state index is -0.414. The van der Waals surface area contributed by atoms with Crippen LogP contribution in [0, 0.1) is 6.92 Å². The Morgan fingerprint density at radius 3 is 2.56 bits per heavy atom. The number of hydrogen-bond acceptors (Lipinski definition) is 5. The number of hydrogen-bond donors (Lipinski definition) is 1. The second kappa shape index (κ2) is 8.90. The monoisotopic (exact) mass is 487 g/mol. The summed E-state index contributed by atoms with van der Waals surface area (Å²) in [6.45, 7) is 1.65. The van der Waals surface area contributed by atoms with E-state index in [0.29, 0.717) is 43.7 Å². The second-order valence-electron chi connectivity index (χ2n) is 7.25. The van der Waals surface area contributed by atoms with Gasteiger partial charge in [0.25, 0.3) is 5.91 Å². The number of nitrogens with zero attached hydrogens (tertiary/aromatic N) is 4. The number of carbonyl (C=O) groups is 2. The molecule has 164 valence electrons. The van der Waals surface area contributed by atoms with Crippen molar-refractivity contribution in [1.29, 1.82) is 0 Å². The van der Waals surface area contributed by atoms with Gasteiger partial charge < -0.3 is 10.2 Å². The van der Waals surface area contributed by atoms with Gasteiger partial charge in [0.2, 0.25) is 5.91 Å². The summed E-state index contributed by atoms with van der Waals surface area (Å²) in [6, 6.07) is 10.6. The third-order valence-corrected chi connectivity index (χ3v) is 6.45. The quantitative estimate of drug-likeness (QED) is 0.428. The summed E-state index contributed by atoms with van der Waals surface area (Å²) in [4.78, 5) is 33.0.